The number of hydrogen-bond donors (Lipinski definition) is 2. The Bertz CT molecular complexity index is 487. The summed E-state index contributed by atoms with van der Waals surface area (Å²) in [5.41, 5.74) is 2.75. The van der Waals surface area contributed by atoms with Crippen LogP contribution < -0.4 is 15.8 Å². The molecule has 0 spiro atoms. The predicted molar refractivity (Wildman–Crippen MR) is 68.2 cm³/mol. The zero-order chi connectivity index (χ0) is 15.6. The Morgan fingerprint density at radius 1 is 1.40 bits per heavy atom. The lowest BCUT2D eigenvalue weighted by Crippen LogP contribution is -2.61. The van der Waals surface area contributed by atoms with E-state index in [0.29, 0.717) is 18.2 Å². The molecule has 0 saturated heterocycles. The highest BCUT2D eigenvalue weighted by Gasteiger charge is 2.54. The first-order chi connectivity index (χ1) is 9.09. The molecule has 0 aliphatic carbocycles. The number of methoxy groups -OCH3 is 1. The molecule has 0 saturated carbocycles. The molecule has 0 radical (unpaired) electrons. The van der Waals surface area contributed by atoms with E-state index in [1.54, 1.807) is 31.2 Å². The summed E-state index contributed by atoms with van der Waals surface area (Å²) in [5, 5.41) is 2.25. The summed E-state index contributed by atoms with van der Waals surface area (Å²) in [6.45, 7) is 2.21. The van der Waals surface area contributed by atoms with Gasteiger partial charge in [-0.05, 0) is 31.5 Å². The largest absolute Gasteiger partial charge is 0.497 e. The summed E-state index contributed by atoms with van der Waals surface area (Å²) in [7, 11) is 1.48. The van der Waals surface area contributed by atoms with Gasteiger partial charge in [0.25, 0.3) is 0 Å². The van der Waals surface area contributed by atoms with Gasteiger partial charge in [-0.15, -0.1) is 0 Å². The van der Waals surface area contributed by atoms with E-state index in [9.17, 15) is 18.0 Å². The number of amides is 1. The number of hydrogen-bond acceptors (Lipinski definition) is 3. The average molecular weight is 290 g/mol. The lowest BCUT2D eigenvalue weighted by molar-refractivity contribution is -0.187. The highest BCUT2D eigenvalue weighted by atomic mass is 19.4. The van der Waals surface area contributed by atoms with Crippen molar-refractivity contribution in [3.8, 4) is 5.75 Å². The van der Waals surface area contributed by atoms with Crippen molar-refractivity contribution >= 4 is 5.91 Å². The number of nitrogens with two attached hydrogens (primary N) is 1. The van der Waals surface area contributed by atoms with Crippen molar-refractivity contribution < 1.29 is 22.7 Å². The average Bonchev–Trinajstić information content (AvgIpc) is 2.37. The second kappa shape index (κ2) is 5.70. The zero-order valence-corrected chi connectivity index (χ0v) is 11.4. The molecule has 1 aromatic rings. The number of ether oxygens (including phenoxy) is 1. The summed E-state index contributed by atoms with van der Waals surface area (Å²) in [6.07, 6.45) is -4.81. The Kier molecular flexibility index (Phi) is 4.65. The van der Waals surface area contributed by atoms with Crippen LogP contribution in [-0.2, 0) is 4.79 Å². The van der Waals surface area contributed by atoms with Gasteiger partial charge in [-0.1, -0.05) is 12.1 Å². The number of rotatable bonds is 4. The lowest BCUT2D eigenvalue weighted by atomic mass is 10.0. The summed E-state index contributed by atoms with van der Waals surface area (Å²) in [4.78, 5) is 11.7. The minimum Gasteiger partial charge on any atom is -0.497 e. The molecule has 7 heteroatoms. The fraction of sp³-hybridized carbons (Fsp3) is 0.462. The molecule has 3 N–H and O–H groups in total. The highest BCUT2D eigenvalue weighted by molar-refractivity contribution is 5.86. The fourth-order valence-electron chi connectivity index (χ4n) is 1.47. The predicted octanol–water partition coefficient (Wildman–Crippen LogP) is 2.15. The Hall–Kier alpha value is -1.76. The van der Waals surface area contributed by atoms with Gasteiger partial charge in [-0.25, -0.2) is 0 Å². The Labute approximate surface area is 115 Å². The van der Waals surface area contributed by atoms with Crippen molar-refractivity contribution in [1.82, 2.24) is 5.32 Å². The smallest absolute Gasteiger partial charge is 0.415 e. The molecule has 1 unspecified atom stereocenters. The number of carbonyl (C=O) groups excluding carboxylic acids is 1. The van der Waals surface area contributed by atoms with Crippen molar-refractivity contribution in [1.29, 1.82) is 0 Å². The van der Waals surface area contributed by atoms with Crippen LogP contribution in [0.25, 0.3) is 0 Å². The Balaban J connectivity index is 2.85. The van der Waals surface area contributed by atoms with Crippen molar-refractivity contribution in [3.05, 3.63) is 29.8 Å². The second-order valence-corrected chi connectivity index (χ2v) is 4.67. The van der Waals surface area contributed by atoms with E-state index in [2.05, 4.69) is 5.32 Å². The van der Waals surface area contributed by atoms with Gasteiger partial charge in [0.15, 0.2) is 5.54 Å². The Morgan fingerprint density at radius 2 is 2.00 bits per heavy atom. The van der Waals surface area contributed by atoms with Crippen LogP contribution in [0.15, 0.2) is 24.3 Å². The maximum absolute atomic E-state index is 12.6. The first-order valence-corrected chi connectivity index (χ1v) is 5.90. The van der Waals surface area contributed by atoms with Gasteiger partial charge < -0.3 is 15.8 Å². The molecule has 1 rings (SSSR count). The number of benzene rings is 1. The van der Waals surface area contributed by atoms with Gasteiger partial charge >= 0.3 is 6.18 Å². The third kappa shape index (κ3) is 3.41. The number of carbonyl (C=O) groups is 1. The molecule has 0 aliphatic heterocycles. The Morgan fingerprint density at radius 3 is 2.50 bits per heavy atom. The quantitative estimate of drug-likeness (QED) is 0.893. The molecule has 1 amide bonds. The molecule has 20 heavy (non-hydrogen) atoms. The zero-order valence-electron chi connectivity index (χ0n) is 11.4. The monoisotopic (exact) mass is 290 g/mol. The van der Waals surface area contributed by atoms with Gasteiger partial charge in [0.05, 0.1) is 13.2 Å². The first-order valence-electron chi connectivity index (χ1n) is 5.90. The lowest BCUT2D eigenvalue weighted by Gasteiger charge is -2.28. The van der Waals surface area contributed by atoms with Crippen LogP contribution in [-0.4, -0.2) is 24.7 Å². The second-order valence-electron chi connectivity index (χ2n) is 4.67. The summed E-state index contributed by atoms with van der Waals surface area (Å²) >= 11 is 0. The van der Waals surface area contributed by atoms with Crippen molar-refractivity contribution in [2.24, 2.45) is 5.73 Å². The van der Waals surface area contributed by atoms with Crippen LogP contribution in [0.4, 0.5) is 13.2 Å². The molecule has 0 bridgehead atoms. The molecule has 1 aromatic carbocycles. The van der Waals surface area contributed by atoms with E-state index in [1.165, 1.54) is 7.11 Å². The van der Waals surface area contributed by atoms with Crippen LogP contribution in [0.3, 0.4) is 0 Å². The fourth-order valence-corrected chi connectivity index (χ4v) is 1.47. The molecule has 4 nitrogen and oxygen atoms in total. The van der Waals surface area contributed by atoms with Crippen LogP contribution in [0.2, 0.25) is 0 Å². The van der Waals surface area contributed by atoms with Gasteiger partial charge in [0, 0.05) is 0 Å². The van der Waals surface area contributed by atoms with Gasteiger partial charge in [0.2, 0.25) is 5.91 Å². The van der Waals surface area contributed by atoms with Crippen LogP contribution in [0.1, 0.15) is 25.5 Å². The van der Waals surface area contributed by atoms with Crippen molar-refractivity contribution in [3.63, 3.8) is 0 Å². The van der Waals surface area contributed by atoms with Crippen LogP contribution in [0, 0.1) is 0 Å². The summed E-state index contributed by atoms with van der Waals surface area (Å²) in [6, 6.07) is 6.06. The van der Waals surface area contributed by atoms with Crippen LogP contribution in [0.5, 0.6) is 5.75 Å². The van der Waals surface area contributed by atoms with Gasteiger partial charge in [-0.3, -0.25) is 4.79 Å². The normalized spacial score (nSPS) is 16.1. The van der Waals surface area contributed by atoms with Gasteiger partial charge in [0.1, 0.15) is 5.75 Å². The molecule has 112 valence electrons. The van der Waals surface area contributed by atoms with E-state index in [0.717, 1.165) is 0 Å². The third-order valence-electron chi connectivity index (χ3n) is 3.00. The third-order valence-corrected chi connectivity index (χ3v) is 3.00. The highest BCUT2D eigenvalue weighted by Crippen LogP contribution is 2.29. The molecule has 0 heterocycles. The first kappa shape index (κ1) is 16.3. The minimum absolute atomic E-state index is 0.551. The van der Waals surface area contributed by atoms with Crippen molar-refractivity contribution in [2.75, 3.05) is 7.11 Å². The molecule has 0 aliphatic rings. The number of halogens is 3. The SMILES string of the molecule is COc1cccc([C@@H](C)NC(=O)C(C)(N)C(F)(F)F)c1. The molecule has 2 atom stereocenters. The molecular formula is C13H17F3N2O2. The van der Waals surface area contributed by atoms with Crippen molar-refractivity contribution in [2.45, 2.75) is 31.6 Å². The molecule has 0 aromatic heterocycles. The summed E-state index contributed by atoms with van der Waals surface area (Å²) < 4.78 is 43.0. The summed E-state index contributed by atoms with van der Waals surface area (Å²) in [5.74, 6) is -0.727. The molecule has 0 fully saturated rings. The van der Waals surface area contributed by atoms with E-state index < -0.39 is 23.7 Å². The van der Waals surface area contributed by atoms with E-state index in [-0.39, 0.29) is 0 Å². The van der Waals surface area contributed by atoms with E-state index >= 15 is 0 Å². The standard InChI is InChI=1S/C13H17F3N2O2/c1-8(9-5-4-6-10(7-9)20-3)18-11(19)12(2,17)13(14,15)16/h4-8H,17H2,1-3H3,(H,18,19)/t8-,12?/m1/s1. The topological polar surface area (TPSA) is 64.3 Å². The van der Waals surface area contributed by atoms with E-state index in [4.69, 9.17) is 10.5 Å². The molecular weight excluding hydrogens is 273 g/mol. The van der Waals surface area contributed by atoms with E-state index in [1.807, 2.05) is 0 Å². The van der Waals surface area contributed by atoms with Gasteiger partial charge in [-0.2, -0.15) is 13.2 Å². The maximum atomic E-state index is 12.6. The number of alkyl halides is 3. The number of nitrogens with one attached hydrogen (secondary N) is 1. The minimum atomic E-state index is -4.81. The maximum Gasteiger partial charge on any atom is 0.415 e. The van der Waals surface area contributed by atoms with Crippen LogP contribution >= 0.6 is 0 Å².